The molecule has 1 aliphatic rings. The smallest absolute Gasteiger partial charge is 0.317 e. The zero-order chi connectivity index (χ0) is 17.6. The van der Waals surface area contributed by atoms with Gasteiger partial charge >= 0.3 is 6.01 Å². The zero-order valence-electron chi connectivity index (χ0n) is 13.3. The van der Waals surface area contributed by atoms with Crippen molar-refractivity contribution in [1.29, 1.82) is 0 Å². The minimum atomic E-state index is -0.756. The molecule has 0 spiro atoms. The maximum atomic E-state index is 12.2. The number of amides is 3. The van der Waals surface area contributed by atoms with E-state index in [0.717, 1.165) is 5.56 Å². The van der Waals surface area contributed by atoms with E-state index in [-0.39, 0.29) is 37.1 Å². The van der Waals surface area contributed by atoms with Gasteiger partial charge in [0.2, 0.25) is 11.8 Å². The fourth-order valence-corrected chi connectivity index (χ4v) is 2.32. The summed E-state index contributed by atoms with van der Waals surface area (Å²) in [5.74, 6) is -1.38. The Hall–Kier alpha value is -3.29. The number of imide groups is 1. The van der Waals surface area contributed by atoms with Gasteiger partial charge in [-0.05, 0) is 18.1 Å². The van der Waals surface area contributed by atoms with Crippen molar-refractivity contribution < 1.29 is 19.1 Å². The van der Waals surface area contributed by atoms with Crippen molar-refractivity contribution in [3.63, 3.8) is 0 Å². The Bertz CT molecular complexity index is 794. The summed E-state index contributed by atoms with van der Waals surface area (Å²) in [6.45, 7) is 0.277. The van der Waals surface area contributed by atoms with Gasteiger partial charge in [0.1, 0.15) is 18.3 Å². The molecule has 2 aromatic rings. The van der Waals surface area contributed by atoms with Gasteiger partial charge in [0.05, 0.1) is 0 Å². The van der Waals surface area contributed by atoms with E-state index in [4.69, 9.17) is 4.74 Å². The van der Waals surface area contributed by atoms with Gasteiger partial charge < -0.3 is 10.1 Å². The van der Waals surface area contributed by atoms with Crippen LogP contribution < -0.4 is 15.4 Å². The van der Waals surface area contributed by atoms with Crippen molar-refractivity contribution in [3.8, 4) is 6.01 Å². The van der Waals surface area contributed by atoms with E-state index in [9.17, 15) is 14.4 Å². The molecule has 1 aromatic heterocycles. The van der Waals surface area contributed by atoms with E-state index in [1.165, 1.54) is 12.3 Å². The minimum Gasteiger partial charge on any atom is -0.459 e. The first-order chi connectivity index (χ1) is 12.1. The average molecular weight is 340 g/mol. The van der Waals surface area contributed by atoms with Gasteiger partial charge in [-0.25, -0.2) is 4.98 Å². The first kappa shape index (κ1) is 16.6. The highest BCUT2D eigenvalue weighted by atomic mass is 16.5. The van der Waals surface area contributed by atoms with Gasteiger partial charge in [0.15, 0.2) is 0 Å². The molecule has 1 atom stereocenters. The molecule has 2 N–H and O–H groups in total. The van der Waals surface area contributed by atoms with E-state index in [0.29, 0.717) is 0 Å². The van der Waals surface area contributed by atoms with Crippen molar-refractivity contribution in [2.45, 2.75) is 25.5 Å². The van der Waals surface area contributed by atoms with Crippen molar-refractivity contribution >= 4 is 17.7 Å². The number of rotatable bonds is 5. The third-order valence-corrected chi connectivity index (χ3v) is 3.62. The highest BCUT2D eigenvalue weighted by Gasteiger charge is 2.28. The van der Waals surface area contributed by atoms with Crippen LogP contribution in [0.3, 0.4) is 0 Å². The summed E-state index contributed by atoms with van der Waals surface area (Å²) in [5, 5.41) is 4.74. The third kappa shape index (κ3) is 4.37. The molecule has 1 fully saturated rings. The molecule has 1 aromatic carbocycles. The molecular formula is C17H16N4O4. The lowest BCUT2D eigenvalue weighted by atomic mass is 10.1. The number of nitrogens with one attached hydrogen (secondary N) is 2. The lowest BCUT2D eigenvalue weighted by molar-refractivity contribution is -0.134. The van der Waals surface area contributed by atoms with E-state index < -0.39 is 17.9 Å². The Morgan fingerprint density at radius 2 is 2.04 bits per heavy atom. The molecule has 0 saturated carbocycles. The predicted octanol–water partition coefficient (Wildman–Crippen LogP) is 0.591. The van der Waals surface area contributed by atoms with Crippen LogP contribution in [-0.4, -0.2) is 33.7 Å². The van der Waals surface area contributed by atoms with Gasteiger partial charge in [-0.15, -0.1) is 0 Å². The van der Waals surface area contributed by atoms with Crippen molar-refractivity contribution in [1.82, 2.24) is 20.6 Å². The number of nitrogens with zero attached hydrogens (tertiary/aromatic N) is 2. The molecule has 3 amide bonds. The SMILES string of the molecule is O=C1CCC(NC(=O)c2ccnc(OCc3ccccc3)n2)C(=O)N1. The van der Waals surface area contributed by atoms with Crippen molar-refractivity contribution in [3.05, 3.63) is 53.9 Å². The second-order valence-electron chi connectivity index (χ2n) is 5.48. The molecule has 1 unspecified atom stereocenters. The Balaban J connectivity index is 1.61. The quantitative estimate of drug-likeness (QED) is 0.771. The van der Waals surface area contributed by atoms with Crippen LogP contribution >= 0.6 is 0 Å². The van der Waals surface area contributed by atoms with Crippen LogP contribution in [0, 0.1) is 0 Å². The molecule has 128 valence electrons. The van der Waals surface area contributed by atoms with Gasteiger partial charge in [0.25, 0.3) is 5.91 Å². The summed E-state index contributed by atoms with van der Waals surface area (Å²) < 4.78 is 5.48. The highest BCUT2D eigenvalue weighted by molar-refractivity contribution is 6.03. The van der Waals surface area contributed by atoms with E-state index in [1.807, 2.05) is 30.3 Å². The molecule has 0 bridgehead atoms. The fraction of sp³-hybridized carbons (Fsp3) is 0.235. The van der Waals surface area contributed by atoms with Crippen LogP contribution in [0.5, 0.6) is 6.01 Å². The third-order valence-electron chi connectivity index (χ3n) is 3.62. The number of benzene rings is 1. The predicted molar refractivity (Wildman–Crippen MR) is 86.4 cm³/mol. The fourth-order valence-electron chi connectivity index (χ4n) is 2.32. The second kappa shape index (κ2) is 7.52. The first-order valence-corrected chi connectivity index (χ1v) is 7.76. The molecule has 0 aliphatic carbocycles. The van der Waals surface area contributed by atoms with Crippen LogP contribution in [0.4, 0.5) is 0 Å². The number of hydrogen-bond donors (Lipinski definition) is 2. The highest BCUT2D eigenvalue weighted by Crippen LogP contribution is 2.09. The van der Waals surface area contributed by atoms with Gasteiger partial charge in [-0.2, -0.15) is 4.98 Å². The molecule has 2 heterocycles. The van der Waals surface area contributed by atoms with Gasteiger partial charge in [0, 0.05) is 12.6 Å². The Labute approximate surface area is 143 Å². The van der Waals surface area contributed by atoms with Crippen molar-refractivity contribution in [2.75, 3.05) is 0 Å². The van der Waals surface area contributed by atoms with Crippen LogP contribution in [0.2, 0.25) is 0 Å². The maximum Gasteiger partial charge on any atom is 0.317 e. The summed E-state index contributed by atoms with van der Waals surface area (Å²) >= 11 is 0. The molecule has 8 heteroatoms. The van der Waals surface area contributed by atoms with Crippen LogP contribution in [0.25, 0.3) is 0 Å². The molecule has 1 aliphatic heterocycles. The Morgan fingerprint density at radius 3 is 2.80 bits per heavy atom. The zero-order valence-corrected chi connectivity index (χ0v) is 13.3. The number of ether oxygens (including phenoxy) is 1. The van der Waals surface area contributed by atoms with Crippen LogP contribution in [-0.2, 0) is 16.2 Å². The molecule has 3 rings (SSSR count). The van der Waals surface area contributed by atoms with Crippen LogP contribution in [0.1, 0.15) is 28.9 Å². The van der Waals surface area contributed by atoms with Crippen molar-refractivity contribution in [2.24, 2.45) is 0 Å². The minimum absolute atomic E-state index is 0.0692. The van der Waals surface area contributed by atoms with Crippen LogP contribution in [0.15, 0.2) is 42.6 Å². The topological polar surface area (TPSA) is 110 Å². The van der Waals surface area contributed by atoms with E-state index >= 15 is 0 Å². The number of piperidine rings is 1. The molecule has 0 radical (unpaired) electrons. The van der Waals surface area contributed by atoms with E-state index in [1.54, 1.807) is 0 Å². The number of carbonyl (C=O) groups is 3. The molecule has 1 saturated heterocycles. The standard InChI is InChI=1S/C17H16N4O4/c22-14-7-6-12(16(24)21-14)19-15(23)13-8-9-18-17(20-13)25-10-11-4-2-1-3-5-11/h1-5,8-9,12H,6-7,10H2,(H,19,23)(H,21,22,24). The first-order valence-electron chi connectivity index (χ1n) is 7.76. The molecule has 25 heavy (non-hydrogen) atoms. The number of hydrogen-bond acceptors (Lipinski definition) is 6. The Morgan fingerprint density at radius 1 is 1.24 bits per heavy atom. The summed E-state index contributed by atoms with van der Waals surface area (Å²) in [5.41, 5.74) is 1.03. The average Bonchev–Trinajstić information content (AvgIpc) is 2.63. The second-order valence-corrected chi connectivity index (χ2v) is 5.48. The maximum absolute atomic E-state index is 12.2. The lowest BCUT2D eigenvalue weighted by Crippen LogP contribution is -2.52. The lowest BCUT2D eigenvalue weighted by Gasteiger charge is -2.21. The summed E-state index contributed by atoms with van der Waals surface area (Å²) in [4.78, 5) is 43.1. The monoisotopic (exact) mass is 340 g/mol. The molecule has 8 nitrogen and oxygen atoms in total. The normalized spacial score (nSPS) is 16.9. The van der Waals surface area contributed by atoms with Gasteiger partial charge in [-0.1, -0.05) is 30.3 Å². The molecular weight excluding hydrogens is 324 g/mol. The van der Waals surface area contributed by atoms with Gasteiger partial charge in [-0.3, -0.25) is 19.7 Å². The summed E-state index contributed by atoms with van der Waals surface area (Å²) in [6.07, 6.45) is 1.86. The number of carbonyl (C=O) groups excluding carboxylic acids is 3. The Kier molecular flexibility index (Phi) is 4.98. The summed E-state index contributed by atoms with van der Waals surface area (Å²) in [6, 6.07) is 10.2. The van der Waals surface area contributed by atoms with E-state index in [2.05, 4.69) is 20.6 Å². The summed E-state index contributed by atoms with van der Waals surface area (Å²) in [7, 11) is 0. The largest absolute Gasteiger partial charge is 0.459 e. The number of aromatic nitrogens is 2.